The number of rotatable bonds is 6. The topological polar surface area (TPSA) is 82.0 Å². The van der Waals surface area contributed by atoms with Crippen LogP contribution in [0.1, 0.15) is 53.4 Å². The quantitative estimate of drug-likeness (QED) is 0.692. The third kappa shape index (κ3) is 7.96. The molecule has 1 amide bonds. The lowest BCUT2D eigenvalue weighted by molar-refractivity contribution is 0.0161. The van der Waals surface area contributed by atoms with Crippen LogP contribution in [0.3, 0.4) is 0 Å². The number of ether oxygens (including phenoxy) is 1. The van der Waals surface area contributed by atoms with Gasteiger partial charge in [-0.2, -0.15) is 0 Å². The van der Waals surface area contributed by atoms with E-state index in [-0.39, 0.29) is 12.6 Å². The number of amides is 1. The largest absolute Gasteiger partial charge is 0.444 e. The monoisotopic (exact) mass is 316 g/mol. The van der Waals surface area contributed by atoms with Gasteiger partial charge in [0.15, 0.2) is 0 Å². The van der Waals surface area contributed by atoms with Crippen molar-refractivity contribution in [2.75, 3.05) is 19.6 Å². The van der Waals surface area contributed by atoms with E-state index in [1.807, 2.05) is 20.8 Å². The Morgan fingerprint density at radius 3 is 2.41 bits per heavy atom. The van der Waals surface area contributed by atoms with Gasteiger partial charge in [-0.25, -0.2) is 4.79 Å². The second-order valence-electron chi connectivity index (χ2n) is 7.23. The van der Waals surface area contributed by atoms with Crippen molar-refractivity contribution in [1.82, 2.24) is 10.2 Å². The molecule has 6 heteroatoms. The predicted molar refractivity (Wildman–Crippen MR) is 85.8 cm³/mol. The minimum absolute atomic E-state index is 0.161. The molecule has 1 aliphatic rings. The maximum absolute atomic E-state index is 12.2. The van der Waals surface area contributed by atoms with Gasteiger partial charge in [0.25, 0.3) is 0 Å². The summed E-state index contributed by atoms with van der Waals surface area (Å²) in [6, 6.07) is 0.399. The number of hydrogen-bond acceptors (Lipinski definition) is 5. The number of carbonyl (C=O) groups is 1. The van der Waals surface area contributed by atoms with Crippen LogP contribution >= 0.6 is 0 Å². The summed E-state index contributed by atoms with van der Waals surface area (Å²) < 4.78 is 5.37. The van der Waals surface area contributed by atoms with Crippen LogP contribution in [0.15, 0.2) is 0 Å². The number of aliphatic hydroxyl groups is 2. The van der Waals surface area contributed by atoms with E-state index in [2.05, 4.69) is 5.32 Å². The van der Waals surface area contributed by atoms with E-state index in [0.717, 1.165) is 25.7 Å². The van der Waals surface area contributed by atoms with Gasteiger partial charge >= 0.3 is 6.09 Å². The maximum atomic E-state index is 12.2. The van der Waals surface area contributed by atoms with Crippen LogP contribution in [0.25, 0.3) is 0 Å². The smallest absolute Gasteiger partial charge is 0.410 e. The van der Waals surface area contributed by atoms with E-state index >= 15 is 0 Å². The van der Waals surface area contributed by atoms with E-state index in [1.54, 1.807) is 11.8 Å². The average Bonchev–Trinajstić information content (AvgIpc) is 2.37. The Morgan fingerprint density at radius 1 is 1.32 bits per heavy atom. The first kappa shape index (κ1) is 19.2. The van der Waals surface area contributed by atoms with E-state index in [1.165, 1.54) is 0 Å². The molecule has 0 aromatic rings. The molecule has 0 aromatic carbocycles. The maximum Gasteiger partial charge on any atom is 0.410 e. The fourth-order valence-electron chi connectivity index (χ4n) is 2.59. The standard InChI is InChI=1S/C16H32N2O4/c1-12(19)11-18(15(21)22-16(2,3)4)10-9-17-13-5-7-14(20)8-6-13/h12-14,17,19-20H,5-11H2,1-4H3. The summed E-state index contributed by atoms with van der Waals surface area (Å²) in [5, 5.41) is 22.5. The minimum Gasteiger partial charge on any atom is -0.444 e. The van der Waals surface area contributed by atoms with Crippen LogP contribution < -0.4 is 5.32 Å². The Kier molecular flexibility index (Phi) is 7.59. The molecule has 0 aromatic heterocycles. The van der Waals surface area contributed by atoms with Gasteiger partial charge in [0.2, 0.25) is 0 Å². The molecule has 1 fully saturated rings. The Balaban J connectivity index is 2.39. The van der Waals surface area contributed by atoms with Crippen LogP contribution in [0.2, 0.25) is 0 Å². The van der Waals surface area contributed by atoms with Crippen LogP contribution in [0.4, 0.5) is 4.79 Å². The number of nitrogens with one attached hydrogen (secondary N) is 1. The van der Waals surface area contributed by atoms with Crippen molar-refractivity contribution in [3.05, 3.63) is 0 Å². The van der Waals surface area contributed by atoms with Gasteiger partial charge in [-0.05, 0) is 53.4 Å². The minimum atomic E-state index is -0.586. The molecule has 0 saturated heterocycles. The van der Waals surface area contributed by atoms with Crippen molar-refractivity contribution < 1.29 is 19.7 Å². The molecule has 1 atom stereocenters. The molecule has 0 spiro atoms. The Bertz CT molecular complexity index is 334. The first-order valence-corrected chi connectivity index (χ1v) is 8.25. The molecule has 0 aliphatic heterocycles. The van der Waals surface area contributed by atoms with E-state index in [0.29, 0.717) is 19.1 Å². The third-order valence-corrected chi connectivity index (χ3v) is 3.65. The number of aliphatic hydroxyl groups excluding tert-OH is 2. The molecule has 6 nitrogen and oxygen atoms in total. The predicted octanol–water partition coefficient (Wildman–Crippen LogP) is 1.50. The SMILES string of the molecule is CC(O)CN(CCNC1CCC(O)CC1)C(=O)OC(C)(C)C. The molecular weight excluding hydrogens is 284 g/mol. The summed E-state index contributed by atoms with van der Waals surface area (Å²) in [7, 11) is 0. The highest BCUT2D eigenvalue weighted by atomic mass is 16.6. The highest BCUT2D eigenvalue weighted by Crippen LogP contribution is 2.18. The molecule has 0 radical (unpaired) electrons. The fourth-order valence-corrected chi connectivity index (χ4v) is 2.59. The summed E-state index contributed by atoms with van der Waals surface area (Å²) in [5.41, 5.74) is -0.541. The van der Waals surface area contributed by atoms with Crippen LogP contribution in [0, 0.1) is 0 Å². The molecule has 0 heterocycles. The molecule has 0 bridgehead atoms. The summed E-state index contributed by atoms with van der Waals surface area (Å²) in [6.07, 6.45) is 2.45. The molecule has 1 aliphatic carbocycles. The number of nitrogens with zero attached hydrogens (tertiary/aromatic N) is 1. The normalized spacial score (nSPS) is 23.9. The third-order valence-electron chi connectivity index (χ3n) is 3.65. The summed E-state index contributed by atoms with van der Waals surface area (Å²) in [6.45, 7) is 8.57. The van der Waals surface area contributed by atoms with Crippen molar-refractivity contribution in [1.29, 1.82) is 0 Å². The van der Waals surface area contributed by atoms with Crippen LogP contribution in [-0.2, 0) is 4.74 Å². The van der Waals surface area contributed by atoms with Crippen molar-refractivity contribution in [3.63, 3.8) is 0 Å². The van der Waals surface area contributed by atoms with Gasteiger partial charge in [-0.1, -0.05) is 0 Å². The summed E-state index contributed by atoms with van der Waals surface area (Å²) >= 11 is 0. The second-order valence-corrected chi connectivity index (χ2v) is 7.23. The zero-order chi connectivity index (χ0) is 16.8. The summed E-state index contributed by atoms with van der Waals surface area (Å²) in [5.74, 6) is 0. The van der Waals surface area contributed by atoms with Gasteiger partial charge in [0.1, 0.15) is 5.60 Å². The highest BCUT2D eigenvalue weighted by Gasteiger charge is 2.24. The molecule has 1 unspecified atom stereocenters. The number of carbonyl (C=O) groups excluding carboxylic acids is 1. The zero-order valence-corrected chi connectivity index (χ0v) is 14.3. The Morgan fingerprint density at radius 2 is 1.91 bits per heavy atom. The van der Waals surface area contributed by atoms with Gasteiger partial charge < -0.3 is 25.2 Å². The van der Waals surface area contributed by atoms with Gasteiger partial charge in [-0.15, -0.1) is 0 Å². The first-order chi connectivity index (χ1) is 10.2. The average molecular weight is 316 g/mol. The lowest BCUT2D eigenvalue weighted by Crippen LogP contribution is -2.45. The first-order valence-electron chi connectivity index (χ1n) is 8.25. The van der Waals surface area contributed by atoms with Crippen molar-refractivity contribution in [2.45, 2.75) is 77.2 Å². The zero-order valence-electron chi connectivity index (χ0n) is 14.3. The second kappa shape index (κ2) is 8.70. The van der Waals surface area contributed by atoms with Gasteiger partial charge in [0, 0.05) is 25.7 Å². The van der Waals surface area contributed by atoms with Gasteiger partial charge in [0.05, 0.1) is 12.2 Å². The lowest BCUT2D eigenvalue weighted by Gasteiger charge is -2.30. The molecule has 130 valence electrons. The number of hydrogen-bond donors (Lipinski definition) is 3. The molecule has 22 heavy (non-hydrogen) atoms. The molecule has 3 N–H and O–H groups in total. The molecule has 1 rings (SSSR count). The van der Waals surface area contributed by atoms with Crippen molar-refractivity contribution in [2.24, 2.45) is 0 Å². The van der Waals surface area contributed by atoms with Crippen LogP contribution in [-0.4, -0.2) is 64.7 Å². The van der Waals surface area contributed by atoms with E-state index in [4.69, 9.17) is 4.74 Å². The fraction of sp³-hybridized carbons (Fsp3) is 0.938. The molecule has 1 saturated carbocycles. The Labute approximate surface area is 133 Å². The van der Waals surface area contributed by atoms with E-state index < -0.39 is 17.8 Å². The van der Waals surface area contributed by atoms with Gasteiger partial charge in [-0.3, -0.25) is 0 Å². The lowest BCUT2D eigenvalue weighted by atomic mass is 9.93. The summed E-state index contributed by atoms with van der Waals surface area (Å²) in [4.78, 5) is 13.7. The van der Waals surface area contributed by atoms with Crippen LogP contribution in [0.5, 0.6) is 0 Å². The Hall–Kier alpha value is -0.850. The molecular formula is C16H32N2O4. The van der Waals surface area contributed by atoms with Crippen molar-refractivity contribution >= 4 is 6.09 Å². The highest BCUT2D eigenvalue weighted by molar-refractivity contribution is 5.68. The van der Waals surface area contributed by atoms with E-state index in [9.17, 15) is 15.0 Å². The van der Waals surface area contributed by atoms with Crippen molar-refractivity contribution in [3.8, 4) is 0 Å².